The molecule has 1 saturated heterocycles. The maximum absolute atomic E-state index is 13.8. The summed E-state index contributed by atoms with van der Waals surface area (Å²) in [4.78, 5) is 14.6. The highest BCUT2D eigenvalue weighted by atomic mass is 19.4. The summed E-state index contributed by atoms with van der Waals surface area (Å²) in [5, 5.41) is 6.26. The lowest BCUT2D eigenvalue weighted by atomic mass is 10.1. The van der Waals surface area contributed by atoms with Crippen LogP contribution in [0.3, 0.4) is 0 Å². The van der Waals surface area contributed by atoms with Crippen LogP contribution in [0.15, 0.2) is 47.0 Å². The van der Waals surface area contributed by atoms with Gasteiger partial charge < -0.3 is 24.2 Å². The van der Waals surface area contributed by atoms with E-state index in [1.807, 2.05) is 4.90 Å². The van der Waals surface area contributed by atoms with Crippen LogP contribution in [0.4, 0.5) is 24.5 Å². The zero-order chi connectivity index (χ0) is 24.3. The fourth-order valence-corrected chi connectivity index (χ4v) is 3.68. The Bertz CT molecular complexity index is 1150. The van der Waals surface area contributed by atoms with Crippen molar-refractivity contribution >= 4 is 17.3 Å². The Morgan fingerprint density at radius 3 is 2.59 bits per heavy atom. The fraction of sp³-hybridized carbons (Fsp3) is 0.333. The van der Waals surface area contributed by atoms with Crippen molar-refractivity contribution in [2.24, 2.45) is 0 Å². The van der Waals surface area contributed by atoms with Crippen molar-refractivity contribution in [3.05, 3.63) is 70.6 Å². The van der Waals surface area contributed by atoms with E-state index in [2.05, 4.69) is 10.5 Å². The molecule has 1 amide bonds. The molecule has 0 aliphatic carbocycles. The van der Waals surface area contributed by atoms with Crippen LogP contribution < -0.4 is 15.0 Å². The van der Waals surface area contributed by atoms with Crippen LogP contribution in [0.5, 0.6) is 5.75 Å². The molecule has 180 valence electrons. The monoisotopic (exact) mass is 475 g/mol. The summed E-state index contributed by atoms with van der Waals surface area (Å²) in [5.74, 6) is 0.352. The summed E-state index contributed by atoms with van der Waals surface area (Å²) in [6.07, 6.45) is -4.63. The highest BCUT2D eigenvalue weighted by Gasteiger charge is 2.35. The van der Waals surface area contributed by atoms with Crippen molar-refractivity contribution in [3.63, 3.8) is 0 Å². The average molecular weight is 475 g/mol. The topological polar surface area (TPSA) is 76.8 Å². The number of nitrogens with one attached hydrogen (secondary N) is 1. The number of halogens is 3. The number of carbonyl (C=O) groups excluding carboxylic acids is 1. The first-order chi connectivity index (χ1) is 16.2. The summed E-state index contributed by atoms with van der Waals surface area (Å²) in [6.45, 7) is 5.66. The molecule has 0 saturated carbocycles. The zero-order valence-corrected chi connectivity index (χ0v) is 18.7. The highest BCUT2D eigenvalue weighted by Crippen LogP contribution is 2.37. The molecule has 2 heterocycles. The second-order valence-electron chi connectivity index (χ2n) is 7.90. The number of alkyl halides is 3. The van der Waals surface area contributed by atoms with Gasteiger partial charge in [0, 0.05) is 24.3 Å². The maximum atomic E-state index is 13.8. The summed E-state index contributed by atoms with van der Waals surface area (Å²) in [6, 6.07) is 10.2. The van der Waals surface area contributed by atoms with Crippen LogP contribution in [0.1, 0.15) is 32.9 Å². The quantitative estimate of drug-likeness (QED) is 0.542. The second-order valence-corrected chi connectivity index (χ2v) is 7.90. The standard InChI is InChI=1S/C24H24F3N3O4/c1-15-20(16(2)34-29-15)14-33-19-5-3-4-17(12-19)23(31)28-22-7-6-18(13-21(22)24(25,26)27)30-8-10-32-11-9-30/h3-7,12-13H,8-11,14H2,1-2H3,(H,28,31). The number of anilines is 2. The van der Waals surface area contributed by atoms with E-state index in [1.165, 1.54) is 18.2 Å². The molecular formula is C24H24F3N3O4. The Balaban J connectivity index is 1.51. The van der Waals surface area contributed by atoms with Crippen LogP contribution in [0.2, 0.25) is 0 Å². The Kier molecular flexibility index (Phi) is 6.78. The van der Waals surface area contributed by atoms with Crippen LogP contribution in [-0.4, -0.2) is 37.4 Å². The third-order valence-corrected chi connectivity index (χ3v) is 5.59. The molecule has 34 heavy (non-hydrogen) atoms. The molecule has 1 aromatic heterocycles. The largest absolute Gasteiger partial charge is 0.489 e. The maximum Gasteiger partial charge on any atom is 0.418 e. The Labute approximate surface area is 194 Å². The SMILES string of the molecule is Cc1noc(C)c1COc1cccc(C(=O)Nc2ccc(N3CCOCC3)cc2C(F)(F)F)c1. The van der Waals surface area contributed by atoms with Crippen LogP contribution >= 0.6 is 0 Å². The van der Waals surface area contributed by atoms with Gasteiger partial charge in [0.1, 0.15) is 18.1 Å². The lowest BCUT2D eigenvalue weighted by Crippen LogP contribution is -2.36. The van der Waals surface area contributed by atoms with Gasteiger partial charge in [-0.15, -0.1) is 0 Å². The predicted octanol–water partition coefficient (Wildman–Crippen LogP) is 4.98. The van der Waals surface area contributed by atoms with Gasteiger partial charge in [-0.05, 0) is 50.2 Å². The molecule has 2 aromatic carbocycles. The zero-order valence-electron chi connectivity index (χ0n) is 18.7. The van der Waals surface area contributed by atoms with Crippen LogP contribution in [0, 0.1) is 13.8 Å². The lowest BCUT2D eigenvalue weighted by Gasteiger charge is -2.29. The van der Waals surface area contributed by atoms with E-state index >= 15 is 0 Å². The van der Waals surface area contributed by atoms with Crippen molar-refractivity contribution in [2.75, 3.05) is 36.5 Å². The number of aryl methyl sites for hydroxylation is 2. The van der Waals surface area contributed by atoms with Crippen molar-refractivity contribution in [3.8, 4) is 5.75 Å². The van der Waals surface area contributed by atoms with Gasteiger partial charge in [-0.3, -0.25) is 4.79 Å². The lowest BCUT2D eigenvalue weighted by molar-refractivity contribution is -0.136. The van der Waals surface area contributed by atoms with Gasteiger partial charge in [-0.25, -0.2) is 0 Å². The van der Waals surface area contributed by atoms with E-state index < -0.39 is 17.6 Å². The molecule has 0 radical (unpaired) electrons. The number of ether oxygens (including phenoxy) is 2. The molecule has 1 aliphatic rings. The van der Waals surface area contributed by atoms with Crippen molar-refractivity contribution in [1.29, 1.82) is 0 Å². The molecule has 1 N–H and O–H groups in total. The minimum Gasteiger partial charge on any atom is -0.489 e. The Morgan fingerprint density at radius 1 is 1.15 bits per heavy atom. The fourth-order valence-electron chi connectivity index (χ4n) is 3.68. The van der Waals surface area contributed by atoms with Gasteiger partial charge in [0.05, 0.1) is 35.7 Å². The second kappa shape index (κ2) is 9.76. The summed E-state index contributed by atoms with van der Waals surface area (Å²) >= 11 is 0. The van der Waals surface area contributed by atoms with E-state index in [4.69, 9.17) is 14.0 Å². The van der Waals surface area contributed by atoms with Gasteiger partial charge in [0.15, 0.2) is 0 Å². The van der Waals surface area contributed by atoms with E-state index in [0.29, 0.717) is 49.2 Å². The molecule has 0 unspecified atom stereocenters. The number of carbonyl (C=O) groups is 1. The van der Waals surface area contributed by atoms with Crippen molar-refractivity contribution in [1.82, 2.24) is 5.16 Å². The number of amides is 1. The minimum atomic E-state index is -4.63. The normalized spacial score (nSPS) is 14.2. The smallest absolute Gasteiger partial charge is 0.418 e. The Hall–Kier alpha value is -3.53. The van der Waals surface area contributed by atoms with Gasteiger partial charge in [-0.1, -0.05) is 11.2 Å². The summed E-state index contributed by atoms with van der Waals surface area (Å²) < 4.78 is 57.5. The molecular weight excluding hydrogens is 451 g/mol. The molecule has 7 nitrogen and oxygen atoms in total. The Morgan fingerprint density at radius 2 is 1.91 bits per heavy atom. The van der Waals surface area contributed by atoms with Gasteiger partial charge in [0.25, 0.3) is 5.91 Å². The third-order valence-electron chi connectivity index (χ3n) is 5.59. The van der Waals surface area contributed by atoms with Gasteiger partial charge >= 0.3 is 6.18 Å². The molecule has 10 heteroatoms. The first kappa shape index (κ1) is 23.6. The van der Waals surface area contributed by atoms with E-state index in [9.17, 15) is 18.0 Å². The summed E-state index contributed by atoms with van der Waals surface area (Å²) in [5.41, 5.74) is 0.883. The number of benzene rings is 2. The van der Waals surface area contributed by atoms with Gasteiger partial charge in [0.2, 0.25) is 0 Å². The summed E-state index contributed by atoms with van der Waals surface area (Å²) in [7, 11) is 0. The molecule has 0 spiro atoms. The third kappa shape index (κ3) is 5.33. The van der Waals surface area contributed by atoms with Crippen molar-refractivity contribution in [2.45, 2.75) is 26.6 Å². The van der Waals surface area contributed by atoms with E-state index in [0.717, 1.165) is 11.6 Å². The van der Waals surface area contributed by atoms with Gasteiger partial charge in [-0.2, -0.15) is 13.2 Å². The first-order valence-corrected chi connectivity index (χ1v) is 10.7. The minimum absolute atomic E-state index is 0.168. The molecule has 4 rings (SSSR count). The molecule has 0 atom stereocenters. The molecule has 1 aliphatic heterocycles. The van der Waals surface area contributed by atoms with Crippen LogP contribution in [0.25, 0.3) is 0 Å². The number of hydrogen-bond donors (Lipinski definition) is 1. The highest BCUT2D eigenvalue weighted by molar-refractivity contribution is 6.05. The molecule has 1 fully saturated rings. The van der Waals surface area contributed by atoms with E-state index in [-0.39, 0.29) is 17.9 Å². The number of rotatable bonds is 6. The molecule has 0 bridgehead atoms. The van der Waals surface area contributed by atoms with Crippen LogP contribution in [-0.2, 0) is 17.5 Å². The molecule has 3 aromatic rings. The average Bonchev–Trinajstić information content (AvgIpc) is 3.15. The predicted molar refractivity (Wildman–Crippen MR) is 119 cm³/mol. The van der Waals surface area contributed by atoms with E-state index in [1.54, 1.807) is 32.0 Å². The number of hydrogen-bond acceptors (Lipinski definition) is 6. The number of morpholine rings is 1. The first-order valence-electron chi connectivity index (χ1n) is 10.7. The number of nitrogens with zero attached hydrogens (tertiary/aromatic N) is 2. The van der Waals surface area contributed by atoms with Crippen molar-refractivity contribution < 1.29 is 32.0 Å². The number of aromatic nitrogens is 1.